The molecule has 0 fully saturated rings. The molecule has 1 N–H and O–H groups in total. The van der Waals surface area contributed by atoms with Crippen molar-refractivity contribution in [2.75, 3.05) is 6.54 Å². The first-order valence-electron chi connectivity index (χ1n) is 6.61. The number of carbonyl (C=O) groups is 1. The third-order valence-electron chi connectivity index (χ3n) is 2.90. The van der Waals surface area contributed by atoms with Crippen LogP contribution in [0.4, 0.5) is 0 Å². The van der Waals surface area contributed by atoms with E-state index in [0.717, 1.165) is 22.7 Å². The highest BCUT2D eigenvalue weighted by Gasteiger charge is 2.02. The molecule has 0 aliphatic heterocycles. The standard InChI is InChI=1S/C16H18N2OS/c1-3-4-16(19)17-10-9-13-5-7-14(8-6-13)15-11-20-12(2)18-15/h3-8,11H,9-10H2,1-2H3,(H,17,19)/b4-3+. The van der Waals surface area contributed by atoms with Crippen molar-refractivity contribution < 1.29 is 4.79 Å². The van der Waals surface area contributed by atoms with Crippen LogP contribution < -0.4 is 5.32 Å². The average molecular weight is 286 g/mol. The van der Waals surface area contributed by atoms with Gasteiger partial charge in [-0.15, -0.1) is 11.3 Å². The molecule has 20 heavy (non-hydrogen) atoms. The van der Waals surface area contributed by atoms with Crippen molar-refractivity contribution >= 4 is 17.2 Å². The summed E-state index contributed by atoms with van der Waals surface area (Å²) < 4.78 is 0. The van der Waals surface area contributed by atoms with Crippen molar-refractivity contribution in [3.05, 3.63) is 52.4 Å². The smallest absolute Gasteiger partial charge is 0.243 e. The van der Waals surface area contributed by atoms with E-state index < -0.39 is 0 Å². The average Bonchev–Trinajstić information content (AvgIpc) is 2.86. The summed E-state index contributed by atoms with van der Waals surface area (Å²) in [6, 6.07) is 8.34. The van der Waals surface area contributed by atoms with Crippen molar-refractivity contribution in [3.8, 4) is 11.3 Å². The molecule has 1 heterocycles. The summed E-state index contributed by atoms with van der Waals surface area (Å²) in [6.07, 6.45) is 4.10. The Morgan fingerprint density at radius 2 is 2.10 bits per heavy atom. The quantitative estimate of drug-likeness (QED) is 0.856. The van der Waals surface area contributed by atoms with E-state index in [-0.39, 0.29) is 5.91 Å². The maximum absolute atomic E-state index is 11.3. The van der Waals surface area contributed by atoms with Gasteiger partial charge in [0.05, 0.1) is 10.7 Å². The van der Waals surface area contributed by atoms with Crippen LogP contribution in [-0.2, 0) is 11.2 Å². The lowest BCUT2D eigenvalue weighted by Gasteiger charge is -2.04. The van der Waals surface area contributed by atoms with Crippen LogP contribution in [-0.4, -0.2) is 17.4 Å². The zero-order valence-electron chi connectivity index (χ0n) is 11.7. The molecule has 0 atom stereocenters. The lowest BCUT2D eigenvalue weighted by molar-refractivity contribution is -0.116. The molecule has 0 saturated carbocycles. The van der Waals surface area contributed by atoms with E-state index in [4.69, 9.17) is 0 Å². The van der Waals surface area contributed by atoms with Crippen LogP contribution in [0.5, 0.6) is 0 Å². The van der Waals surface area contributed by atoms with Crippen molar-refractivity contribution in [3.63, 3.8) is 0 Å². The van der Waals surface area contributed by atoms with Crippen LogP contribution in [0.1, 0.15) is 17.5 Å². The van der Waals surface area contributed by atoms with Crippen LogP contribution in [0.25, 0.3) is 11.3 Å². The van der Waals surface area contributed by atoms with Crippen LogP contribution >= 0.6 is 11.3 Å². The molecule has 3 nitrogen and oxygen atoms in total. The molecule has 2 aromatic rings. The zero-order valence-corrected chi connectivity index (χ0v) is 12.5. The number of rotatable bonds is 5. The zero-order chi connectivity index (χ0) is 14.4. The van der Waals surface area contributed by atoms with Gasteiger partial charge in [0.25, 0.3) is 0 Å². The van der Waals surface area contributed by atoms with Crippen LogP contribution in [0.15, 0.2) is 41.8 Å². The molecule has 1 aromatic heterocycles. The topological polar surface area (TPSA) is 42.0 Å². The number of thiazole rings is 1. The second-order valence-corrected chi connectivity index (χ2v) is 5.55. The van der Waals surface area contributed by atoms with Gasteiger partial charge in [-0.1, -0.05) is 30.3 Å². The Kier molecular flexibility index (Phi) is 5.07. The molecule has 0 aliphatic rings. The van der Waals surface area contributed by atoms with Gasteiger partial charge in [-0.25, -0.2) is 4.98 Å². The van der Waals surface area contributed by atoms with E-state index in [2.05, 4.69) is 39.9 Å². The maximum atomic E-state index is 11.3. The minimum absolute atomic E-state index is 0.0398. The second kappa shape index (κ2) is 7.01. The van der Waals surface area contributed by atoms with Crippen molar-refractivity contribution in [1.82, 2.24) is 10.3 Å². The molecular weight excluding hydrogens is 268 g/mol. The molecule has 4 heteroatoms. The number of amides is 1. The summed E-state index contributed by atoms with van der Waals surface area (Å²) in [6.45, 7) is 4.49. The maximum Gasteiger partial charge on any atom is 0.243 e. The molecular formula is C16H18N2OS. The van der Waals surface area contributed by atoms with E-state index in [1.54, 1.807) is 17.4 Å². The van der Waals surface area contributed by atoms with Crippen molar-refractivity contribution in [2.45, 2.75) is 20.3 Å². The highest BCUT2D eigenvalue weighted by Crippen LogP contribution is 2.21. The lowest BCUT2D eigenvalue weighted by Crippen LogP contribution is -2.23. The fourth-order valence-electron chi connectivity index (χ4n) is 1.88. The SMILES string of the molecule is C/C=C/C(=O)NCCc1ccc(-c2csc(C)n2)cc1. The fraction of sp³-hybridized carbons (Fsp3) is 0.250. The van der Waals surface area contributed by atoms with Gasteiger partial charge in [-0.3, -0.25) is 4.79 Å². The van der Waals surface area contributed by atoms with E-state index in [9.17, 15) is 4.79 Å². The number of nitrogens with zero attached hydrogens (tertiary/aromatic N) is 1. The number of carbonyl (C=O) groups excluding carboxylic acids is 1. The number of benzene rings is 1. The number of allylic oxidation sites excluding steroid dienone is 1. The Morgan fingerprint density at radius 3 is 2.70 bits per heavy atom. The summed E-state index contributed by atoms with van der Waals surface area (Å²) in [5, 5.41) is 6.00. The van der Waals surface area contributed by atoms with E-state index >= 15 is 0 Å². The molecule has 0 unspecified atom stereocenters. The predicted octanol–water partition coefficient (Wildman–Crippen LogP) is 3.35. The number of aryl methyl sites for hydroxylation is 1. The van der Waals surface area contributed by atoms with Gasteiger partial charge >= 0.3 is 0 Å². The first-order valence-corrected chi connectivity index (χ1v) is 7.49. The van der Waals surface area contributed by atoms with Gasteiger partial charge in [0, 0.05) is 17.5 Å². The minimum atomic E-state index is -0.0398. The monoisotopic (exact) mass is 286 g/mol. The second-order valence-electron chi connectivity index (χ2n) is 4.49. The Hall–Kier alpha value is -1.94. The largest absolute Gasteiger partial charge is 0.352 e. The molecule has 0 saturated heterocycles. The first-order chi connectivity index (χ1) is 9.69. The molecule has 0 bridgehead atoms. The summed E-state index contributed by atoms with van der Waals surface area (Å²) in [7, 11) is 0. The molecule has 0 spiro atoms. The Morgan fingerprint density at radius 1 is 1.35 bits per heavy atom. The van der Waals surface area contributed by atoms with Gasteiger partial charge in [0.15, 0.2) is 0 Å². The summed E-state index contributed by atoms with van der Waals surface area (Å²) in [5.74, 6) is -0.0398. The summed E-state index contributed by atoms with van der Waals surface area (Å²) in [4.78, 5) is 15.7. The van der Waals surface area contributed by atoms with Gasteiger partial charge < -0.3 is 5.32 Å². The first kappa shape index (κ1) is 14.5. The van der Waals surface area contributed by atoms with Gasteiger partial charge in [-0.2, -0.15) is 0 Å². The normalized spacial score (nSPS) is 10.9. The van der Waals surface area contributed by atoms with Crippen LogP contribution in [0.2, 0.25) is 0 Å². The summed E-state index contributed by atoms with van der Waals surface area (Å²) >= 11 is 1.66. The Labute approximate surface area is 123 Å². The Bertz CT molecular complexity index is 599. The molecule has 1 aromatic carbocycles. The predicted molar refractivity (Wildman–Crippen MR) is 83.8 cm³/mol. The summed E-state index contributed by atoms with van der Waals surface area (Å²) in [5.41, 5.74) is 3.37. The highest BCUT2D eigenvalue weighted by atomic mass is 32.1. The van der Waals surface area contributed by atoms with E-state index in [1.807, 2.05) is 13.8 Å². The van der Waals surface area contributed by atoms with Crippen molar-refractivity contribution in [2.24, 2.45) is 0 Å². The molecule has 0 radical (unpaired) electrons. The number of hydrogen-bond donors (Lipinski definition) is 1. The molecule has 0 aliphatic carbocycles. The van der Waals surface area contributed by atoms with E-state index in [1.165, 1.54) is 11.6 Å². The van der Waals surface area contributed by atoms with Crippen LogP contribution in [0.3, 0.4) is 0 Å². The third kappa shape index (κ3) is 4.03. The molecule has 1 amide bonds. The minimum Gasteiger partial charge on any atom is -0.352 e. The highest BCUT2D eigenvalue weighted by molar-refractivity contribution is 7.09. The number of hydrogen-bond acceptors (Lipinski definition) is 3. The van der Waals surface area contributed by atoms with Gasteiger partial charge in [-0.05, 0) is 31.9 Å². The number of nitrogens with one attached hydrogen (secondary N) is 1. The van der Waals surface area contributed by atoms with E-state index in [0.29, 0.717) is 6.54 Å². The third-order valence-corrected chi connectivity index (χ3v) is 3.67. The molecule has 2 rings (SSSR count). The lowest BCUT2D eigenvalue weighted by atomic mass is 10.1. The van der Waals surface area contributed by atoms with Crippen LogP contribution in [0, 0.1) is 6.92 Å². The van der Waals surface area contributed by atoms with Crippen molar-refractivity contribution in [1.29, 1.82) is 0 Å². The Balaban J connectivity index is 1.90. The van der Waals surface area contributed by atoms with Gasteiger partial charge in [0.2, 0.25) is 5.91 Å². The molecule has 104 valence electrons. The fourth-order valence-corrected chi connectivity index (χ4v) is 2.50. The van der Waals surface area contributed by atoms with Gasteiger partial charge in [0.1, 0.15) is 0 Å². The number of aromatic nitrogens is 1.